The van der Waals surface area contributed by atoms with E-state index in [0.717, 1.165) is 32.5 Å². The van der Waals surface area contributed by atoms with E-state index in [1.165, 1.54) is 25.0 Å². The van der Waals surface area contributed by atoms with Gasteiger partial charge in [-0.2, -0.15) is 0 Å². The zero-order valence-electron chi connectivity index (χ0n) is 15.8. The number of amides is 1. The fraction of sp³-hybridized carbons (Fsp3) is 0.571. The third-order valence-electron chi connectivity index (χ3n) is 5.15. The predicted molar refractivity (Wildman–Crippen MR) is 102 cm³/mol. The van der Waals surface area contributed by atoms with E-state index in [-0.39, 0.29) is 18.3 Å². The van der Waals surface area contributed by atoms with Crippen LogP contribution in [0.5, 0.6) is 5.75 Å². The van der Waals surface area contributed by atoms with Crippen LogP contribution in [-0.2, 0) is 4.79 Å². The normalized spacial score (nSPS) is 19.1. The Labute approximate surface area is 155 Å². The van der Waals surface area contributed by atoms with Crippen LogP contribution in [0.3, 0.4) is 0 Å². The van der Waals surface area contributed by atoms with Gasteiger partial charge in [0, 0.05) is 32.2 Å². The van der Waals surface area contributed by atoms with Crippen molar-refractivity contribution in [1.29, 1.82) is 0 Å². The van der Waals surface area contributed by atoms with Crippen LogP contribution in [0.25, 0.3) is 0 Å². The highest BCUT2D eigenvalue weighted by atomic mass is 19.1. The molecule has 2 heterocycles. The number of rotatable bonds is 6. The molecule has 1 amide bonds. The third-order valence-corrected chi connectivity index (χ3v) is 5.15. The van der Waals surface area contributed by atoms with Crippen molar-refractivity contribution in [1.82, 2.24) is 4.90 Å². The topological polar surface area (TPSA) is 32.8 Å². The molecular formula is C21H29FN2O2. The Hall–Kier alpha value is -1.88. The SMILES string of the molecule is CCCC=C1CCN(CC(C)CN2C(=O)COc3cc(F)ccc32)CC1. The van der Waals surface area contributed by atoms with E-state index in [0.29, 0.717) is 23.9 Å². The Morgan fingerprint density at radius 1 is 1.27 bits per heavy atom. The Kier molecular flexibility index (Phi) is 6.30. The molecular weight excluding hydrogens is 331 g/mol. The van der Waals surface area contributed by atoms with Gasteiger partial charge in [-0.05, 0) is 37.3 Å². The van der Waals surface area contributed by atoms with Crippen LogP contribution < -0.4 is 9.64 Å². The van der Waals surface area contributed by atoms with Crippen molar-refractivity contribution in [2.45, 2.75) is 39.5 Å². The summed E-state index contributed by atoms with van der Waals surface area (Å²) in [7, 11) is 0. The highest BCUT2D eigenvalue weighted by Gasteiger charge is 2.28. The number of hydrogen-bond donors (Lipinski definition) is 0. The number of anilines is 1. The van der Waals surface area contributed by atoms with Crippen molar-refractivity contribution < 1.29 is 13.9 Å². The summed E-state index contributed by atoms with van der Waals surface area (Å²) in [6, 6.07) is 4.38. The van der Waals surface area contributed by atoms with Crippen LogP contribution in [0.4, 0.5) is 10.1 Å². The van der Waals surface area contributed by atoms with Crippen LogP contribution >= 0.6 is 0 Å². The first-order valence-electron chi connectivity index (χ1n) is 9.69. The first-order valence-corrected chi connectivity index (χ1v) is 9.69. The molecule has 1 fully saturated rings. The zero-order chi connectivity index (χ0) is 18.5. The minimum absolute atomic E-state index is 0.0154. The number of carbonyl (C=O) groups excluding carboxylic acids is 1. The van der Waals surface area contributed by atoms with Gasteiger partial charge in [-0.25, -0.2) is 4.39 Å². The second-order valence-corrected chi connectivity index (χ2v) is 7.46. The van der Waals surface area contributed by atoms with Gasteiger partial charge in [0.15, 0.2) is 6.61 Å². The summed E-state index contributed by atoms with van der Waals surface area (Å²) in [6.45, 7) is 8.18. The lowest BCUT2D eigenvalue weighted by molar-refractivity contribution is -0.121. The molecule has 0 N–H and O–H groups in total. The average Bonchev–Trinajstić information content (AvgIpc) is 2.63. The van der Waals surface area contributed by atoms with Crippen molar-refractivity contribution in [3.63, 3.8) is 0 Å². The van der Waals surface area contributed by atoms with Gasteiger partial charge < -0.3 is 14.5 Å². The van der Waals surface area contributed by atoms with E-state index < -0.39 is 0 Å². The van der Waals surface area contributed by atoms with E-state index in [1.807, 2.05) is 0 Å². The third kappa shape index (κ3) is 4.64. The summed E-state index contributed by atoms with van der Waals surface area (Å²) < 4.78 is 18.8. The predicted octanol–water partition coefficient (Wildman–Crippen LogP) is 4.01. The molecule has 0 saturated carbocycles. The number of hydrogen-bond acceptors (Lipinski definition) is 3. The van der Waals surface area contributed by atoms with E-state index in [4.69, 9.17) is 4.74 Å². The van der Waals surface area contributed by atoms with Crippen LogP contribution in [-0.4, -0.2) is 43.6 Å². The molecule has 0 bridgehead atoms. The molecule has 1 saturated heterocycles. The second-order valence-electron chi connectivity index (χ2n) is 7.46. The molecule has 2 aliphatic heterocycles. The number of carbonyl (C=O) groups is 1. The lowest BCUT2D eigenvalue weighted by Crippen LogP contribution is -2.44. The van der Waals surface area contributed by atoms with E-state index in [2.05, 4.69) is 24.8 Å². The number of ether oxygens (including phenoxy) is 1. The molecule has 4 nitrogen and oxygen atoms in total. The number of benzene rings is 1. The molecule has 26 heavy (non-hydrogen) atoms. The maximum atomic E-state index is 13.4. The quantitative estimate of drug-likeness (QED) is 0.719. The highest BCUT2D eigenvalue weighted by Crippen LogP contribution is 2.33. The van der Waals surface area contributed by atoms with Gasteiger partial charge in [-0.3, -0.25) is 4.79 Å². The number of halogens is 1. The van der Waals surface area contributed by atoms with Crippen molar-refractivity contribution in [2.24, 2.45) is 5.92 Å². The van der Waals surface area contributed by atoms with Gasteiger partial charge >= 0.3 is 0 Å². The molecule has 142 valence electrons. The summed E-state index contributed by atoms with van der Waals surface area (Å²) in [6.07, 6.45) is 7.12. The fourth-order valence-electron chi connectivity index (χ4n) is 3.76. The molecule has 1 aromatic rings. The Morgan fingerprint density at radius 2 is 2.04 bits per heavy atom. The first kappa shape index (κ1) is 18.9. The van der Waals surface area contributed by atoms with Gasteiger partial charge in [-0.15, -0.1) is 0 Å². The number of piperidine rings is 1. The Morgan fingerprint density at radius 3 is 2.77 bits per heavy atom. The van der Waals surface area contributed by atoms with Crippen molar-refractivity contribution >= 4 is 11.6 Å². The second kappa shape index (κ2) is 8.67. The molecule has 1 aromatic carbocycles. The number of nitrogens with zero attached hydrogens (tertiary/aromatic N) is 2. The van der Waals surface area contributed by atoms with Gasteiger partial charge in [0.1, 0.15) is 11.6 Å². The smallest absolute Gasteiger partial charge is 0.265 e. The zero-order valence-corrected chi connectivity index (χ0v) is 15.8. The van der Waals surface area contributed by atoms with Gasteiger partial charge in [0.05, 0.1) is 5.69 Å². The largest absolute Gasteiger partial charge is 0.481 e. The van der Waals surface area contributed by atoms with Crippen LogP contribution in [0.15, 0.2) is 29.8 Å². The Balaban J connectivity index is 1.56. The molecule has 0 aromatic heterocycles. The number of allylic oxidation sites excluding steroid dienone is 1. The number of unbranched alkanes of at least 4 members (excludes halogenated alkanes) is 1. The van der Waals surface area contributed by atoms with Crippen LogP contribution in [0.1, 0.15) is 39.5 Å². The lowest BCUT2D eigenvalue weighted by atomic mass is 10.0. The van der Waals surface area contributed by atoms with Crippen LogP contribution in [0, 0.1) is 11.7 Å². The molecule has 0 aliphatic carbocycles. The highest BCUT2D eigenvalue weighted by molar-refractivity contribution is 5.97. The number of fused-ring (bicyclic) bond motifs is 1. The van der Waals surface area contributed by atoms with Crippen molar-refractivity contribution in [2.75, 3.05) is 37.7 Å². The monoisotopic (exact) mass is 360 g/mol. The van der Waals surface area contributed by atoms with Gasteiger partial charge in [-0.1, -0.05) is 31.9 Å². The first-order chi connectivity index (χ1) is 12.6. The van der Waals surface area contributed by atoms with Gasteiger partial charge in [0.2, 0.25) is 0 Å². The molecule has 2 aliphatic rings. The maximum Gasteiger partial charge on any atom is 0.265 e. The fourth-order valence-corrected chi connectivity index (χ4v) is 3.76. The molecule has 1 atom stereocenters. The number of likely N-dealkylation sites (tertiary alicyclic amines) is 1. The van der Waals surface area contributed by atoms with E-state index in [9.17, 15) is 9.18 Å². The minimum atomic E-state index is -0.341. The lowest BCUT2D eigenvalue weighted by Gasteiger charge is -2.34. The maximum absolute atomic E-state index is 13.4. The van der Waals surface area contributed by atoms with E-state index >= 15 is 0 Å². The molecule has 0 radical (unpaired) electrons. The minimum Gasteiger partial charge on any atom is -0.481 e. The molecule has 1 unspecified atom stereocenters. The average molecular weight is 360 g/mol. The standard InChI is InChI=1S/C21H29FN2O2/c1-3-4-5-17-8-10-23(11-9-17)13-16(2)14-24-19-7-6-18(22)12-20(19)26-15-21(24)25/h5-7,12,16H,3-4,8-11,13-15H2,1-2H3. The van der Waals surface area contributed by atoms with Crippen molar-refractivity contribution in [3.05, 3.63) is 35.7 Å². The molecule has 5 heteroatoms. The van der Waals surface area contributed by atoms with E-state index in [1.54, 1.807) is 16.5 Å². The summed E-state index contributed by atoms with van der Waals surface area (Å²) in [5, 5.41) is 0. The molecule has 3 rings (SSSR count). The summed E-state index contributed by atoms with van der Waals surface area (Å²) in [4.78, 5) is 16.5. The Bertz CT molecular complexity index is 664. The summed E-state index contributed by atoms with van der Waals surface area (Å²) in [5.41, 5.74) is 2.27. The summed E-state index contributed by atoms with van der Waals surface area (Å²) >= 11 is 0. The van der Waals surface area contributed by atoms with Crippen molar-refractivity contribution in [3.8, 4) is 5.75 Å². The van der Waals surface area contributed by atoms with Gasteiger partial charge in [0.25, 0.3) is 5.91 Å². The van der Waals surface area contributed by atoms with Crippen LogP contribution in [0.2, 0.25) is 0 Å². The summed E-state index contributed by atoms with van der Waals surface area (Å²) in [5.74, 6) is 0.405. The molecule has 0 spiro atoms.